The maximum atomic E-state index is 15.6. The van der Waals surface area contributed by atoms with Crippen LogP contribution in [0.3, 0.4) is 0 Å². The van der Waals surface area contributed by atoms with Crippen LogP contribution in [-0.4, -0.2) is 74.7 Å². The van der Waals surface area contributed by atoms with Gasteiger partial charge in [-0.1, -0.05) is 43.5 Å². The van der Waals surface area contributed by atoms with Crippen molar-refractivity contribution in [2.45, 2.75) is 76.3 Å². The topological polar surface area (TPSA) is 113 Å². The average Bonchev–Trinajstić information content (AvgIpc) is 3.80. The van der Waals surface area contributed by atoms with Crippen molar-refractivity contribution >= 4 is 23.3 Å². The molecule has 256 valence electrons. The minimum absolute atomic E-state index is 0.188. The average molecular weight is 663 g/mol. The van der Waals surface area contributed by atoms with Gasteiger partial charge < -0.3 is 21.3 Å². The lowest BCUT2D eigenvalue weighted by Crippen LogP contribution is -2.45. The number of halogens is 1. The number of aromatic nitrogens is 5. The van der Waals surface area contributed by atoms with Gasteiger partial charge in [0.25, 0.3) is 0 Å². The number of aryl methyl sites for hydroxylation is 2. The maximum absolute atomic E-state index is 15.6. The van der Waals surface area contributed by atoms with Crippen molar-refractivity contribution in [2.24, 2.45) is 17.8 Å². The molecule has 3 saturated heterocycles. The number of nitrogens with one attached hydrogen (secondary N) is 2. The van der Waals surface area contributed by atoms with E-state index in [1.165, 1.54) is 61.5 Å². The SMILES string of the molecule is Nc1nc(Nc2ccc(N3CCC(C4NCC5CN(C6CCCCC6)CC54)CC3)c(F)c2)nn1-c1cc2c(nn1)-c1ccccc1CCC2. The molecule has 9 rings (SSSR count). The molecule has 4 fully saturated rings. The van der Waals surface area contributed by atoms with Gasteiger partial charge in [-0.2, -0.15) is 9.67 Å². The van der Waals surface area contributed by atoms with Gasteiger partial charge in [0.1, 0.15) is 5.82 Å². The van der Waals surface area contributed by atoms with Crippen LogP contribution in [0.1, 0.15) is 62.5 Å². The Bertz CT molecular complexity index is 1810. The van der Waals surface area contributed by atoms with Gasteiger partial charge in [0.05, 0.1) is 11.4 Å². The van der Waals surface area contributed by atoms with Crippen LogP contribution in [0, 0.1) is 23.6 Å². The molecule has 3 aliphatic heterocycles. The summed E-state index contributed by atoms with van der Waals surface area (Å²) in [5.74, 6) is 2.97. The third kappa shape index (κ3) is 5.94. The second-order valence-electron chi connectivity index (χ2n) is 15.0. The summed E-state index contributed by atoms with van der Waals surface area (Å²) in [6.45, 7) is 5.47. The highest BCUT2D eigenvalue weighted by molar-refractivity contribution is 5.68. The second kappa shape index (κ2) is 13.0. The number of anilines is 4. The molecule has 2 aromatic heterocycles. The Morgan fingerprint density at radius 1 is 0.857 bits per heavy atom. The summed E-state index contributed by atoms with van der Waals surface area (Å²) in [7, 11) is 0. The quantitative estimate of drug-likeness (QED) is 0.238. The summed E-state index contributed by atoms with van der Waals surface area (Å²) in [6.07, 6.45) is 12.1. The van der Waals surface area contributed by atoms with Gasteiger partial charge in [-0.25, -0.2) is 4.39 Å². The molecule has 0 radical (unpaired) electrons. The van der Waals surface area contributed by atoms with E-state index in [1.807, 2.05) is 24.3 Å². The minimum Gasteiger partial charge on any atom is -0.369 e. The van der Waals surface area contributed by atoms with Crippen molar-refractivity contribution in [3.63, 3.8) is 0 Å². The molecule has 5 heterocycles. The number of hydrogen-bond donors (Lipinski definition) is 3. The number of nitrogens with zero attached hydrogens (tertiary/aromatic N) is 7. The molecule has 1 saturated carbocycles. The van der Waals surface area contributed by atoms with Gasteiger partial charge in [-0.15, -0.1) is 15.3 Å². The molecule has 0 bridgehead atoms. The van der Waals surface area contributed by atoms with Gasteiger partial charge in [-0.05, 0) is 105 Å². The first-order valence-electron chi connectivity index (χ1n) is 18.5. The van der Waals surface area contributed by atoms with Crippen LogP contribution >= 0.6 is 0 Å². The van der Waals surface area contributed by atoms with E-state index in [1.54, 1.807) is 0 Å². The first kappa shape index (κ1) is 30.9. The fraction of sp³-hybridized carbons (Fsp3) is 0.526. The van der Waals surface area contributed by atoms with Crippen LogP contribution in [0.2, 0.25) is 0 Å². The number of rotatable bonds is 6. The van der Waals surface area contributed by atoms with E-state index in [4.69, 9.17) is 5.73 Å². The molecule has 49 heavy (non-hydrogen) atoms. The molecular weight excluding hydrogens is 615 g/mol. The molecular formula is C38H47FN10. The second-order valence-corrected chi connectivity index (χ2v) is 15.0. The van der Waals surface area contributed by atoms with E-state index in [9.17, 15) is 0 Å². The van der Waals surface area contributed by atoms with Crippen molar-refractivity contribution in [3.8, 4) is 17.1 Å². The minimum atomic E-state index is -0.245. The Labute approximate surface area is 287 Å². The van der Waals surface area contributed by atoms with E-state index < -0.39 is 0 Å². The van der Waals surface area contributed by atoms with Crippen molar-refractivity contribution in [1.82, 2.24) is 35.2 Å². The largest absolute Gasteiger partial charge is 0.369 e. The van der Waals surface area contributed by atoms with Crippen molar-refractivity contribution < 1.29 is 4.39 Å². The smallest absolute Gasteiger partial charge is 0.248 e. The first-order chi connectivity index (χ1) is 24.1. The standard InChI is InChI=1S/C38H47FN10/c39-32-20-28(42-38-43-37(40)49(46-38)34-19-26-9-6-8-24-7-4-5-12-30(24)36(26)45-44-34)13-14-33(32)47-17-15-25(16-18-47)35-31-23-48(22-27(31)21-41-35)29-10-2-1-3-11-29/h4-5,7,12-14,19-20,25,27,29,31,35,41H,1-3,6,8-11,15-18,21-23H2,(H3,40,42,43,46). The molecule has 4 aromatic rings. The van der Waals surface area contributed by atoms with Gasteiger partial charge in [0, 0.05) is 49.5 Å². The Morgan fingerprint density at radius 3 is 2.55 bits per heavy atom. The van der Waals surface area contributed by atoms with Gasteiger partial charge >= 0.3 is 0 Å². The fourth-order valence-electron chi connectivity index (χ4n) is 9.65. The highest BCUT2D eigenvalue weighted by Crippen LogP contribution is 2.40. The molecule has 11 heteroatoms. The van der Waals surface area contributed by atoms with Crippen LogP contribution in [-0.2, 0) is 12.8 Å². The third-order valence-corrected chi connectivity index (χ3v) is 12.2. The highest BCUT2D eigenvalue weighted by atomic mass is 19.1. The number of hydrogen-bond acceptors (Lipinski definition) is 9. The van der Waals surface area contributed by atoms with Crippen molar-refractivity contribution in [1.29, 1.82) is 0 Å². The molecule has 2 aromatic carbocycles. The Kier molecular flexibility index (Phi) is 8.20. The van der Waals surface area contributed by atoms with Crippen molar-refractivity contribution in [3.05, 3.63) is 65.5 Å². The van der Waals surface area contributed by atoms with Crippen LogP contribution in [0.15, 0.2) is 48.5 Å². The lowest BCUT2D eigenvalue weighted by atomic mass is 9.81. The monoisotopic (exact) mass is 662 g/mol. The normalized spacial score (nSPS) is 24.8. The molecule has 3 unspecified atom stereocenters. The molecule has 3 atom stereocenters. The van der Waals surface area contributed by atoms with Gasteiger partial charge in [-0.3, -0.25) is 4.90 Å². The maximum Gasteiger partial charge on any atom is 0.248 e. The number of fused-ring (bicyclic) bond motifs is 4. The van der Waals surface area contributed by atoms with Crippen molar-refractivity contribution in [2.75, 3.05) is 48.7 Å². The fourth-order valence-corrected chi connectivity index (χ4v) is 9.65. The van der Waals surface area contributed by atoms with E-state index in [0.717, 1.165) is 86.4 Å². The summed E-state index contributed by atoms with van der Waals surface area (Å²) in [4.78, 5) is 9.45. The lowest BCUT2D eigenvalue weighted by molar-refractivity contribution is 0.167. The zero-order valence-corrected chi connectivity index (χ0v) is 28.2. The third-order valence-electron chi connectivity index (χ3n) is 12.2. The highest BCUT2D eigenvalue weighted by Gasteiger charge is 2.47. The number of likely N-dealkylation sites (tertiary alicyclic amines) is 1. The van der Waals surface area contributed by atoms with E-state index in [0.29, 0.717) is 29.2 Å². The number of piperidine rings is 1. The summed E-state index contributed by atoms with van der Waals surface area (Å²) in [5.41, 5.74) is 12.0. The first-order valence-corrected chi connectivity index (χ1v) is 18.5. The van der Waals surface area contributed by atoms with Crippen LogP contribution in [0.5, 0.6) is 0 Å². The van der Waals surface area contributed by atoms with Gasteiger partial charge in [0.2, 0.25) is 11.9 Å². The Morgan fingerprint density at radius 2 is 1.69 bits per heavy atom. The number of benzene rings is 2. The van der Waals surface area contributed by atoms with Crippen LogP contribution in [0.25, 0.3) is 17.1 Å². The Hall–Kier alpha value is -4.09. The number of nitrogens with two attached hydrogens (primary N) is 1. The van der Waals surface area contributed by atoms with Crippen LogP contribution < -0.4 is 21.3 Å². The summed E-state index contributed by atoms with van der Waals surface area (Å²) < 4.78 is 17.1. The predicted octanol–water partition coefficient (Wildman–Crippen LogP) is 5.75. The van der Waals surface area contributed by atoms with E-state index in [2.05, 4.69) is 58.9 Å². The van der Waals surface area contributed by atoms with E-state index in [-0.39, 0.29) is 17.7 Å². The van der Waals surface area contributed by atoms with E-state index >= 15 is 4.39 Å². The van der Waals surface area contributed by atoms with Crippen LogP contribution in [0.4, 0.5) is 27.7 Å². The molecule has 4 N–H and O–H groups in total. The Balaban J connectivity index is 0.834. The predicted molar refractivity (Wildman–Crippen MR) is 191 cm³/mol. The molecule has 10 nitrogen and oxygen atoms in total. The summed E-state index contributed by atoms with van der Waals surface area (Å²) >= 11 is 0. The summed E-state index contributed by atoms with van der Waals surface area (Å²) in [5, 5.41) is 20.7. The lowest BCUT2D eigenvalue weighted by Gasteiger charge is -2.38. The van der Waals surface area contributed by atoms with Gasteiger partial charge in [0.15, 0.2) is 5.82 Å². The molecule has 0 spiro atoms. The summed E-state index contributed by atoms with van der Waals surface area (Å²) in [6, 6.07) is 17.1. The zero-order valence-electron chi connectivity index (χ0n) is 28.2. The molecule has 5 aliphatic rings. The molecule has 0 amide bonds. The zero-order chi connectivity index (χ0) is 32.9. The number of nitrogen functional groups attached to an aromatic ring is 1. The molecule has 2 aliphatic carbocycles.